The van der Waals surface area contributed by atoms with Gasteiger partial charge in [-0.15, -0.1) is 0 Å². The van der Waals surface area contributed by atoms with Crippen LogP contribution in [-0.2, 0) is 6.18 Å². The van der Waals surface area contributed by atoms with Crippen LogP contribution in [0.2, 0.25) is 0 Å². The summed E-state index contributed by atoms with van der Waals surface area (Å²) in [6.07, 6.45) is -2.24. The van der Waals surface area contributed by atoms with Crippen molar-refractivity contribution in [1.29, 1.82) is 0 Å². The number of para-hydroxylation sites is 2. The summed E-state index contributed by atoms with van der Waals surface area (Å²) in [4.78, 5) is 2.35. The van der Waals surface area contributed by atoms with Gasteiger partial charge in [-0.05, 0) is 55.8 Å². The molecule has 2 aromatic carbocycles. The zero-order chi connectivity index (χ0) is 20.3. The van der Waals surface area contributed by atoms with Crippen LogP contribution in [0.4, 0.5) is 13.2 Å². The average Bonchev–Trinajstić information content (AvgIpc) is 2.72. The SMILES string of the molecule is FC(F)(F)c1ccc(OC[C@H]2CCCN(CC3COc4ccccc4O3)C2)cc1. The van der Waals surface area contributed by atoms with E-state index in [0.29, 0.717) is 24.9 Å². The molecule has 0 aliphatic carbocycles. The Kier molecular flexibility index (Phi) is 5.85. The molecule has 4 rings (SSSR count). The summed E-state index contributed by atoms with van der Waals surface area (Å²) in [5.74, 6) is 2.37. The highest BCUT2D eigenvalue weighted by Gasteiger charge is 2.30. The van der Waals surface area contributed by atoms with Crippen LogP contribution in [0.3, 0.4) is 0 Å². The molecule has 2 heterocycles. The van der Waals surface area contributed by atoms with Gasteiger partial charge in [0.1, 0.15) is 18.5 Å². The largest absolute Gasteiger partial charge is 0.493 e. The number of hydrogen-bond acceptors (Lipinski definition) is 4. The molecule has 0 spiro atoms. The molecule has 0 saturated carbocycles. The van der Waals surface area contributed by atoms with E-state index in [-0.39, 0.29) is 6.10 Å². The summed E-state index contributed by atoms with van der Waals surface area (Å²) in [7, 11) is 0. The second-order valence-electron chi connectivity index (χ2n) is 7.60. The predicted octanol–water partition coefficient (Wildman–Crippen LogP) is 4.64. The van der Waals surface area contributed by atoms with Crippen molar-refractivity contribution in [3.8, 4) is 17.2 Å². The van der Waals surface area contributed by atoms with Gasteiger partial charge in [0.05, 0.1) is 12.2 Å². The molecule has 1 saturated heterocycles. The van der Waals surface area contributed by atoms with Gasteiger partial charge in [-0.25, -0.2) is 0 Å². The van der Waals surface area contributed by atoms with Gasteiger partial charge in [0.15, 0.2) is 11.5 Å². The molecule has 0 N–H and O–H groups in total. The normalized spacial score (nSPS) is 22.3. The molecule has 29 heavy (non-hydrogen) atoms. The number of fused-ring (bicyclic) bond motifs is 1. The highest BCUT2D eigenvalue weighted by Crippen LogP contribution is 2.32. The number of halogens is 3. The Bertz CT molecular complexity index is 810. The number of alkyl halides is 3. The standard InChI is InChI=1S/C22H24F3NO3/c23-22(24,25)17-7-9-18(10-8-17)27-14-16-4-3-11-26(12-16)13-19-15-28-20-5-1-2-6-21(20)29-19/h1-2,5-10,16,19H,3-4,11-15H2/t16-,19?/m0/s1. The van der Waals surface area contributed by atoms with Gasteiger partial charge in [0.25, 0.3) is 0 Å². The fourth-order valence-corrected chi connectivity index (χ4v) is 3.85. The number of hydrogen-bond donors (Lipinski definition) is 0. The molecule has 0 aromatic heterocycles. The maximum atomic E-state index is 12.6. The third-order valence-electron chi connectivity index (χ3n) is 5.30. The highest BCUT2D eigenvalue weighted by molar-refractivity contribution is 5.40. The fraction of sp³-hybridized carbons (Fsp3) is 0.455. The summed E-state index contributed by atoms with van der Waals surface area (Å²) in [6.45, 7) is 3.68. The van der Waals surface area contributed by atoms with E-state index in [9.17, 15) is 13.2 Å². The van der Waals surface area contributed by atoms with E-state index in [4.69, 9.17) is 14.2 Å². The van der Waals surface area contributed by atoms with Crippen LogP contribution in [0.15, 0.2) is 48.5 Å². The second-order valence-corrected chi connectivity index (χ2v) is 7.60. The molecule has 2 aliphatic heterocycles. The summed E-state index contributed by atoms with van der Waals surface area (Å²) >= 11 is 0. The van der Waals surface area contributed by atoms with E-state index in [1.807, 2.05) is 24.3 Å². The molecule has 1 fully saturated rings. The van der Waals surface area contributed by atoms with Crippen molar-refractivity contribution >= 4 is 0 Å². The van der Waals surface area contributed by atoms with Crippen LogP contribution in [0.5, 0.6) is 17.2 Å². The zero-order valence-corrected chi connectivity index (χ0v) is 16.0. The Balaban J connectivity index is 1.26. The number of likely N-dealkylation sites (tertiary alicyclic amines) is 1. The van der Waals surface area contributed by atoms with Crippen molar-refractivity contribution in [2.24, 2.45) is 5.92 Å². The summed E-state index contributed by atoms with van der Waals surface area (Å²) < 4.78 is 55.5. The van der Waals surface area contributed by atoms with Gasteiger partial charge < -0.3 is 14.2 Å². The highest BCUT2D eigenvalue weighted by atomic mass is 19.4. The first-order chi connectivity index (χ1) is 14.0. The minimum absolute atomic E-state index is 0.0144. The average molecular weight is 407 g/mol. The summed E-state index contributed by atoms with van der Waals surface area (Å²) in [5, 5.41) is 0. The lowest BCUT2D eigenvalue weighted by Crippen LogP contribution is -2.45. The van der Waals surface area contributed by atoms with Gasteiger partial charge >= 0.3 is 6.18 Å². The molecule has 4 nitrogen and oxygen atoms in total. The molecule has 7 heteroatoms. The first-order valence-electron chi connectivity index (χ1n) is 9.88. The lowest BCUT2D eigenvalue weighted by molar-refractivity contribution is -0.137. The number of piperidine rings is 1. The quantitative estimate of drug-likeness (QED) is 0.723. The first-order valence-corrected chi connectivity index (χ1v) is 9.88. The Morgan fingerprint density at radius 2 is 1.79 bits per heavy atom. The smallest absolute Gasteiger partial charge is 0.416 e. The molecule has 1 unspecified atom stereocenters. The first kappa shape index (κ1) is 19.9. The monoisotopic (exact) mass is 407 g/mol. The van der Waals surface area contributed by atoms with Crippen molar-refractivity contribution < 1.29 is 27.4 Å². The maximum Gasteiger partial charge on any atom is 0.416 e. The van der Waals surface area contributed by atoms with Crippen molar-refractivity contribution in [2.75, 3.05) is 32.8 Å². The Morgan fingerprint density at radius 1 is 1.03 bits per heavy atom. The molecule has 0 bridgehead atoms. The fourth-order valence-electron chi connectivity index (χ4n) is 3.85. The molecule has 0 radical (unpaired) electrons. The topological polar surface area (TPSA) is 30.9 Å². The van der Waals surface area contributed by atoms with Gasteiger partial charge in [-0.3, -0.25) is 4.90 Å². The van der Waals surface area contributed by atoms with Gasteiger partial charge in [-0.1, -0.05) is 12.1 Å². The number of benzene rings is 2. The van der Waals surface area contributed by atoms with E-state index >= 15 is 0 Å². The Morgan fingerprint density at radius 3 is 2.55 bits per heavy atom. The number of rotatable bonds is 5. The van der Waals surface area contributed by atoms with Gasteiger partial charge in [-0.2, -0.15) is 13.2 Å². The third-order valence-corrected chi connectivity index (χ3v) is 5.30. The van der Waals surface area contributed by atoms with Crippen molar-refractivity contribution in [3.05, 3.63) is 54.1 Å². The van der Waals surface area contributed by atoms with Gasteiger partial charge in [0.2, 0.25) is 0 Å². The van der Waals surface area contributed by atoms with Crippen LogP contribution >= 0.6 is 0 Å². The van der Waals surface area contributed by atoms with Crippen LogP contribution in [0.25, 0.3) is 0 Å². The number of ether oxygens (including phenoxy) is 3. The van der Waals surface area contributed by atoms with E-state index in [1.54, 1.807) is 0 Å². The molecule has 2 aromatic rings. The van der Waals surface area contributed by atoms with E-state index in [0.717, 1.165) is 56.1 Å². The lowest BCUT2D eigenvalue weighted by Gasteiger charge is -2.36. The molecule has 156 valence electrons. The molecular weight excluding hydrogens is 383 g/mol. The molecule has 2 aliphatic rings. The Hall–Kier alpha value is -2.41. The van der Waals surface area contributed by atoms with Crippen molar-refractivity contribution in [2.45, 2.75) is 25.1 Å². The van der Waals surface area contributed by atoms with Crippen LogP contribution in [0.1, 0.15) is 18.4 Å². The van der Waals surface area contributed by atoms with E-state index < -0.39 is 11.7 Å². The molecule has 0 amide bonds. The summed E-state index contributed by atoms with van der Waals surface area (Å²) in [6, 6.07) is 12.6. The van der Waals surface area contributed by atoms with Crippen molar-refractivity contribution in [1.82, 2.24) is 4.90 Å². The number of nitrogens with zero attached hydrogens (tertiary/aromatic N) is 1. The third kappa shape index (κ3) is 5.15. The molecular formula is C22H24F3NO3. The minimum Gasteiger partial charge on any atom is -0.493 e. The van der Waals surface area contributed by atoms with Crippen molar-refractivity contribution in [3.63, 3.8) is 0 Å². The zero-order valence-electron chi connectivity index (χ0n) is 16.0. The molecule has 2 atom stereocenters. The van der Waals surface area contributed by atoms with Gasteiger partial charge in [0, 0.05) is 19.0 Å². The lowest BCUT2D eigenvalue weighted by atomic mass is 9.98. The second kappa shape index (κ2) is 8.53. The minimum atomic E-state index is -4.33. The van der Waals surface area contributed by atoms with E-state index in [2.05, 4.69) is 4.90 Å². The van der Waals surface area contributed by atoms with E-state index in [1.165, 1.54) is 12.1 Å². The maximum absolute atomic E-state index is 12.6. The predicted molar refractivity (Wildman–Crippen MR) is 102 cm³/mol. The van der Waals surface area contributed by atoms with Crippen LogP contribution < -0.4 is 14.2 Å². The summed E-state index contributed by atoms with van der Waals surface area (Å²) in [5.41, 5.74) is -0.662. The van der Waals surface area contributed by atoms with Crippen LogP contribution in [-0.4, -0.2) is 43.9 Å². The Labute approximate surface area is 168 Å². The van der Waals surface area contributed by atoms with Crippen LogP contribution in [0, 0.1) is 5.92 Å².